The summed E-state index contributed by atoms with van der Waals surface area (Å²) in [6, 6.07) is 0. The van der Waals surface area contributed by atoms with Crippen LogP contribution in [0.4, 0.5) is 0 Å². The molecule has 2 aliphatic rings. The number of hydrogen-bond donors (Lipinski definition) is 1. The molecule has 0 radical (unpaired) electrons. The van der Waals surface area contributed by atoms with Crippen molar-refractivity contribution in [3.8, 4) is 0 Å². The minimum atomic E-state index is -1.14. The van der Waals surface area contributed by atoms with Crippen LogP contribution in [0.15, 0.2) is 0 Å². The second kappa shape index (κ2) is 7.20. The highest BCUT2D eigenvalue weighted by Crippen LogP contribution is 2.32. The third kappa shape index (κ3) is 3.72. The zero-order valence-corrected chi connectivity index (χ0v) is 12.3. The van der Waals surface area contributed by atoms with Crippen LogP contribution in [0.2, 0.25) is 0 Å². The Hall–Kier alpha value is -1.18. The second-order valence-electron chi connectivity index (χ2n) is 5.28. The van der Waals surface area contributed by atoms with Crippen LogP contribution < -0.4 is 0 Å². The van der Waals surface area contributed by atoms with E-state index in [9.17, 15) is 14.7 Å². The minimum Gasteiger partial charge on any atom is -0.457 e. The Bertz CT molecular complexity index is 350. The van der Waals surface area contributed by atoms with Crippen molar-refractivity contribution in [1.29, 1.82) is 0 Å². The Morgan fingerprint density at radius 1 is 1.10 bits per heavy atom. The van der Waals surface area contributed by atoms with Crippen molar-refractivity contribution >= 4 is 11.9 Å². The van der Waals surface area contributed by atoms with Gasteiger partial charge in [-0.05, 0) is 12.8 Å². The molecule has 0 aromatic heterocycles. The number of ether oxygens (including phenoxy) is 4. The average molecular weight is 302 g/mol. The highest BCUT2D eigenvalue weighted by Gasteiger charge is 2.53. The van der Waals surface area contributed by atoms with Gasteiger partial charge in [0.1, 0.15) is 12.2 Å². The van der Waals surface area contributed by atoms with E-state index in [0.717, 1.165) is 0 Å². The van der Waals surface area contributed by atoms with Gasteiger partial charge < -0.3 is 24.1 Å². The van der Waals surface area contributed by atoms with Gasteiger partial charge in [0.2, 0.25) is 0 Å². The second-order valence-corrected chi connectivity index (χ2v) is 5.28. The molecule has 0 unspecified atom stereocenters. The lowest BCUT2D eigenvalue weighted by atomic mass is 10.0. The predicted molar refractivity (Wildman–Crippen MR) is 70.2 cm³/mol. The van der Waals surface area contributed by atoms with Gasteiger partial charge in [-0.2, -0.15) is 0 Å². The van der Waals surface area contributed by atoms with E-state index in [1.807, 2.05) is 13.8 Å². The fourth-order valence-electron chi connectivity index (χ4n) is 2.45. The summed E-state index contributed by atoms with van der Waals surface area (Å²) in [4.78, 5) is 23.2. The topological polar surface area (TPSA) is 91.3 Å². The van der Waals surface area contributed by atoms with Crippen LogP contribution in [-0.2, 0) is 28.5 Å². The maximum Gasteiger partial charge on any atom is 0.306 e. The standard InChI is InChI=1S/C14H22O7/c1-3-5-9(15)20-12-8-7-18-14(19-8)13(11(12)17)21-10(16)6-4-2/h8,11-14,17H,3-7H2,1-2H3/t8-,11+,12+,13-,14-/m1/s1. The molecule has 120 valence electrons. The Balaban J connectivity index is 2.01. The van der Waals surface area contributed by atoms with Gasteiger partial charge in [-0.3, -0.25) is 9.59 Å². The van der Waals surface area contributed by atoms with E-state index in [2.05, 4.69) is 0 Å². The molecule has 5 atom stereocenters. The molecule has 0 aromatic carbocycles. The van der Waals surface area contributed by atoms with Crippen molar-refractivity contribution in [2.75, 3.05) is 6.61 Å². The fourth-order valence-corrected chi connectivity index (χ4v) is 2.45. The molecule has 1 N–H and O–H groups in total. The van der Waals surface area contributed by atoms with Crippen LogP contribution in [0, 0.1) is 0 Å². The molecular formula is C14H22O7. The minimum absolute atomic E-state index is 0.202. The Labute approximate surface area is 123 Å². The molecular weight excluding hydrogens is 280 g/mol. The van der Waals surface area contributed by atoms with Crippen LogP contribution in [0.1, 0.15) is 39.5 Å². The van der Waals surface area contributed by atoms with Gasteiger partial charge in [0, 0.05) is 12.8 Å². The molecule has 2 rings (SSSR count). The van der Waals surface area contributed by atoms with E-state index < -0.39 is 42.6 Å². The van der Waals surface area contributed by atoms with Gasteiger partial charge in [-0.1, -0.05) is 13.8 Å². The number of carbonyl (C=O) groups is 2. The van der Waals surface area contributed by atoms with Crippen molar-refractivity contribution in [1.82, 2.24) is 0 Å². The normalized spacial score (nSPS) is 34.5. The highest BCUT2D eigenvalue weighted by molar-refractivity contribution is 5.70. The molecule has 0 aliphatic carbocycles. The van der Waals surface area contributed by atoms with Gasteiger partial charge in [-0.15, -0.1) is 0 Å². The lowest BCUT2D eigenvalue weighted by Gasteiger charge is -2.37. The zero-order valence-electron chi connectivity index (χ0n) is 12.3. The van der Waals surface area contributed by atoms with Crippen LogP contribution in [0.25, 0.3) is 0 Å². The molecule has 2 fully saturated rings. The molecule has 0 saturated carbocycles. The van der Waals surface area contributed by atoms with E-state index >= 15 is 0 Å². The van der Waals surface area contributed by atoms with Crippen molar-refractivity contribution < 1.29 is 33.6 Å². The van der Waals surface area contributed by atoms with Gasteiger partial charge in [-0.25, -0.2) is 0 Å². The SMILES string of the molecule is CCCC(=O)O[C@@H]1[C@H](O)[C@@H](OC(=O)CCC)[C@@H]2OC[C@H]1O2. The van der Waals surface area contributed by atoms with E-state index in [0.29, 0.717) is 12.8 Å². The molecule has 0 aromatic rings. The molecule has 0 amide bonds. The molecule has 7 nitrogen and oxygen atoms in total. The third-order valence-corrected chi connectivity index (χ3v) is 3.48. The van der Waals surface area contributed by atoms with Crippen LogP contribution >= 0.6 is 0 Å². The molecule has 2 bridgehead atoms. The van der Waals surface area contributed by atoms with E-state index in [1.54, 1.807) is 0 Å². The quantitative estimate of drug-likeness (QED) is 0.715. The predicted octanol–water partition coefficient (Wildman–Crippen LogP) is 0.526. The molecule has 2 aliphatic heterocycles. The van der Waals surface area contributed by atoms with Crippen molar-refractivity contribution in [2.45, 2.75) is 70.2 Å². The van der Waals surface area contributed by atoms with E-state index in [-0.39, 0.29) is 19.4 Å². The van der Waals surface area contributed by atoms with Crippen molar-refractivity contribution in [3.05, 3.63) is 0 Å². The number of carbonyl (C=O) groups excluding carboxylic acids is 2. The Morgan fingerprint density at radius 3 is 2.24 bits per heavy atom. The maximum absolute atomic E-state index is 11.6. The fraction of sp³-hybridized carbons (Fsp3) is 0.857. The molecule has 21 heavy (non-hydrogen) atoms. The third-order valence-electron chi connectivity index (χ3n) is 3.48. The maximum atomic E-state index is 11.6. The van der Waals surface area contributed by atoms with Crippen molar-refractivity contribution in [2.24, 2.45) is 0 Å². The first-order chi connectivity index (χ1) is 10.1. The summed E-state index contributed by atoms with van der Waals surface area (Å²) in [5.74, 6) is -0.841. The summed E-state index contributed by atoms with van der Waals surface area (Å²) in [7, 11) is 0. The molecule has 0 spiro atoms. The van der Waals surface area contributed by atoms with Gasteiger partial charge in [0.15, 0.2) is 18.5 Å². The van der Waals surface area contributed by atoms with Gasteiger partial charge in [0.25, 0.3) is 0 Å². The van der Waals surface area contributed by atoms with Gasteiger partial charge in [0.05, 0.1) is 6.61 Å². The molecule has 2 saturated heterocycles. The first-order valence-corrected chi connectivity index (χ1v) is 7.40. The van der Waals surface area contributed by atoms with Crippen LogP contribution in [0.3, 0.4) is 0 Å². The largest absolute Gasteiger partial charge is 0.457 e. The van der Waals surface area contributed by atoms with E-state index in [4.69, 9.17) is 18.9 Å². The lowest BCUT2D eigenvalue weighted by Crippen LogP contribution is -2.56. The smallest absolute Gasteiger partial charge is 0.306 e. The number of hydrogen-bond acceptors (Lipinski definition) is 7. The summed E-state index contributed by atoms with van der Waals surface area (Å²) in [5.41, 5.74) is 0. The summed E-state index contributed by atoms with van der Waals surface area (Å²) < 4.78 is 21.4. The summed E-state index contributed by atoms with van der Waals surface area (Å²) in [6.07, 6.45) is -2.49. The van der Waals surface area contributed by atoms with Crippen molar-refractivity contribution in [3.63, 3.8) is 0 Å². The summed E-state index contributed by atoms with van der Waals surface area (Å²) >= 11 is 0. The first kappa shape index (κ1) is 16.2. The highest BCUT2D eigenvalue weighted by atomic mass is 16.8. The molecule has 7 heteroatoms. The average Bonchev–Trinajstić information content (AvgIpc) is 2.87. The number of aliphatic hydroxyl groups is 1. The number of fused-ring (bicyclic) bond motifs is 2. The molecule has 2 heterocycles. The Morgan fingerprint density at radius 2 is 1.67 bits per heavy atom. The first-order valence-electron chi connectivity index (χ1n) is 7.40. The Kier molecular flexibility index (Phi) is 5.55. The van der Waals surface area contributed by atoms with Crippen LogP contribution in [0.5, 0.6) is 0 Å². The number of aliphatic hydroxyl groups excluding tert-OH is 1. The number of rotatable bonds is 6. The van der Waals surface area contributed by atoms with E-state index in [1.165, 1.54) is 0 Å². The monoisotopic (exact) mass is 302 g/mol. The van der Waals surface area contributed by atoms with Gasteiger partial charge >= 0.3 is 11.9 Å². The van der Waals surface area contributed by atoms with Crippen LogP contribution in [-0.4, -0.2) is 54.4 Å². The summed E-state index contributed by atoms with van der Waals surface area (Å²) in [5, 5.41) is 10.3. The number of esters is 2. The lowest BCUT2D eigenvalue weighted by molar-refractivity contribution is -0.245. The zero-order chi connectivity index (χ0) is 15.4. The summed E-state index contributed by atoms with van der Waals surface area (Å²) in [6.45, 7) is 3.92.